The van der Waals surface area contributed by atoms with E-state index in [1.54, 1.807) is 7.11 Å². The number of nitrogens with one attached hydrogen (secondary N) is 1. The van der Waals surface area contributed by atoms with Crippen LogP contribution >= 0.6 is 11.8 Å². The van der Waals surface area contributed by atoms with Crippen molar-refractivity contribution in [2.75, 3.05) is 25.7 Å². The molecule has 0 saturated heterocycles. The fourth-order valence-electron chi connectivity index (χ4n) is 3.07. The van der Waals surface area contributed by atoms with Crippen LogP contribution in [0.4, 0.5) is 0 Å². The van der Waals surface area contributed by atoms with E-state index in [2.05, 4.69) is 29.8 Å². The van der Waals surface area contributed by atoms with Crippen LogP contribution in [-0.2, 0) is 12.8 Å². The molecular formula is C18H29NOS. The number of rotatable bonds is 9. The quantitative estimate of drug-likeness (QED) is 0.695. The van der Waals surface area contributed by atoms with Crippen LogP contribution in [-0.4, -0.2) is 31.7 Å². The highest BCUT2D eigenvalue weighted by Crippen LogP contribution is 2.25. The Kier molecular flexibility index (Phi) is 7.45. The van der Waals surface area contributed by atoms with Crippen LogP contribution in [0.2, 0.25) is 0 Å². The van der Waals surface area contributed by atoms with Crippen molar-refractivity contribution in [1.82, 2.24) is 5.32 Å². The first-order valence-electron chi connectivity index (χ1n) is 8.21. The van der Waals surface area contributed by atoms with Gasteiger partial charge in [-0.05, 0) is 73.9 Å². The number of fused-ring (bicyclic) bond motifs is 1. The van der Waals surface area contributed by atoms with Gasteiger partial charge in [0.15, 0.2) is 0 Å². The van der Waals surface area contributed by atoms with Crippen LogP contribution in [0.5, 0.6) is 5.75 Å². The first-order valence-corrected chi connectivity index (χ1v) is 9.61. The van der Waals surface area contributed by atoms with Crippen molar-refractivity contribution in [2.24, 2.45) is 0 Å². The summed E-state index contributed by atoms with van der Waals surface area (Å²) in [6.45, 7) is 1.17. The molecule has 0 spiro atoms. The van der Waals surface area contributed by atoms with E-state index in [9.17, 15) is 0 Å². The topological polar surface area (TPSA) is 21.3 Å². The molecule has 1 N–H and O–H groups in total. The maximum Gasteiger partial charge on any atom is 0.119 e. The zero-order chi connectivity index (χ0) is 14.9. The molecule has 1 aliphatic rings. The predicted molar refractivity (Wildman–Crippen MR) is 93.7 cm³/mol. The zero-order valence-corrected chi connectivity index (χ0v) is 14.3. The fraction of sp³-hybridized carbons (Fsp3) is 0.667. The summed E-state index contributed by atoms with van der Waals surface area (Å²) in [6.07, 6.45) is 11.2. The summed E-state index contributed by atoms with van der Waals surface area (Å²) in [5.41, 5.74) is 2.98. The van der Waals surface area contributed by atoms with Crippen molar-refractivity contribution in [3.05, 3.63) is 29.3 Å². The Hall–Kier alpha value is -0.670. The predicted octanol–water partition coefficient (Wildman–Crippen LogP) is 4.07. The molecule has 2 rings (SSSR count). The van der Waals surface area contributed by atoms with E-state index in [4.69, 9.17) is 4.74 Å². The van der Waals surface area contributed by atoms with Crippen molar-refractivity contribution in [1.29, 1.82) is 0 Å². The van der Waals surface area contributed by atoms with Gasteiger partial charge in [0.1, 0.15) is 5.75 Å². The van der Waals surface area contributed by atoms with Gasteiger partial charge in [0.05, 0.1) is 7.11 Å². The summed E-state index contributed by atoms with van der Waals surface area (Å²) in [6, 6.07) is 7.18. The average molecular weight is 308 g/mol. The number of ether oxygens (including phenoxy) is 1. The van der Waals surface area contributed by atoms with Crippen LogP contribution in [0.3, 0.4) is 0 Å². The Morgan fingerprint density at radius 3 is 2.86 bits per heavy atom. The second kappa shape index (κ2) is 9.37. The number of aryl methyl sites for hydroxylation is 1. The Morgan fingerprint density at radius 1 is 1.19 bits per heavy atom. The Bertz CT molecular complexity index is 422. The summed E-state index contributed by atoms with van der Waals surface area (Å²) in [4.78, 5) is 0. The lowest BCUT2D eigenvalue weighted by Gasteiger charge is -2.26. The van der Waals surface area contributed by atoms with Crippen LogP contribution < -0.4 is 10.1 Å². The van der Waals surface area contributed by atoms with Gasteiger partial charge in [-0.25, -0.2) is 0 Å². The first-order chi connectivity index (χ1) is 10.3. The smallest absolute Gasteiger partial charge is 0.119 e. The molecule has 0 saturated carbocycles. The number of benzene rings is 1. The lowest BCUT2D eigenvalue weighted by molar-refractivity contribution is 0.410. The van der Waals surface area contributed by atoms with E-state index >= 15 is 0 Å². The van der Waals surface area contributed by atoms with Crippen LogP contribution in [0, 0.1) is 0 Å². The Labute approximate surface area is 134 Å². The molecule has 0 aliphatic heterocycles. The van der Waals surface area contributed by atoms with Crippen molar-refractivity contribution < 1.29 is 4.74 Å². The van der Waals surface area contributed by atoms with E-state index in [-0.39, 0.29) is 0 Å². The molecule has 118 valence electrons. The summed E-state index contributed by atoms with van der Waals surface area (Å²) in [5, 5.41) is 3.74. The van der Waals surface area contributed by atoms with Crippen molar-refractivity contribution in [3.63, 3.8) is 0 Å². The van der Waals surface area contributed by atoms with Gasteiger partial charge in [-0.15, -0.1) is 0 Å². The third kappa shape index (κ3) is 5.55. The summed E-state index contributed by atoms with van der Waals surface area (Å²) < 4.78 is 5.34. The molecule has 1 aromatic rings. The number of hydrogen-bond donors (Lipinski definition) is 1. The van der Waals surface area contributed by atoms with Gasteiger partial charge in [-0.2, -0.15) is 11.8 Å². The number of hydrogen-bond acceptors (Lipinski definition) is 3. The minimum absolute atomic E-state index is 0.649. The molecule has 3 heteroatoms. The third-order valence-electron chi connectivity index (χ3n) is 4.35. The number of methoxy groups -OCH3 is 1. The molecule has 1 unspecified atom stereocenters. The molecule has 1 aromatic carbocycles. The molecule has 21 heavy (non-hydrogen) atoms. The molecule has 0 bridgehead atoms. The number of unbranched alkanes of at least 4 members (excludes halogenated alkanes) is 3. The van der Waals surface area contributed by atoms with Gasteiger partial charge in [-0.1, -0.05) is 18.9 Å². The summed E-state index contributed by atoms with van der Waals surface area (Å²) >= 11 is 1.96. The summed E-state index contributed by atoms with van der Waals surface area (Å²) in [7, 11) is 1.75. The lowest BCUT2D eigenvalue weighted by atomic mass is 9.88. The Morgan fingerprint density at radius 2 is 2.05 bits per heavy atom. The molecule has 0 amide bonds. The minimum Gasteiger partial charge on any atom is -0.497 e. The van der Waals surface area contributed by atoms with Crippen LogP contribution in [0.15, 0.2) is 18.2 Å². The lowest BCUT2D eigenvalue weighted by Crippen LogP contribution is -2.35. The normalized spacial score (nSPS) is 17.5. The molecule has 1 atom stereocenters. The zero-order valence-electron chi connectivity index (χ0n) is 13.5. The molecule has 0 fully saturated rings. The van der Waals surface area contributed by atoms with Gasteiger partial charge < -0.3 is 10.1 Å². The highest BCUT2D eigenvalue weighted by atomic mass is 32.2. The van der Waals surface area contributed by atoms with Gasteiger partial charge in [0.2, 0.25) is 0 Å². The SMILES string of the molecule is COc1ccc2c(c1)CC(NCCCCCCSC)CC2. The van der Waals surface area contributed by atoms with Crippen molar-refractivity contribution >= 4 is 11.8 Å². The summed E-state index contributed by atoms with van der Waals surface area (Å²) in [5.74, 6) is 2.30. The first kappa shape index (κ1) is 16.7. The van der Waals surface area contributed by atoms with E-state index < -0.39 is 0 Å². The molecule has 0 radical (unpaired) electrons. The fourth-order valence-corrected chi connectivity index (χ4v) is 3.56. The highest BCUT2D eigenvalue weighted by Gasteiger charge is 2.18. The van der Waals surface area contributed by atoms with E-state index in [0.29, 0.717) is 6.04 Å². The average Bonchev–Trinajstić information content (AvgIpc) is 2.53. The van der Waals surface area contributed by atoms with E-state index in [1.165, 1.54) is 61.9 Å². The van der Waals surface area contributed by atoms with E-state index in [1.807, 2.05) is 11.8 Å². The standard InChI is InChI=1S/C18H29NOS/c1-20-18-10-8-15-7-9-17(13-16(15)14-18)19-11-5-3-4-6-12-21-2/h8,10,14,17,19H,3-7,9,11-13H2,1-2H3. The van der Waals surface area contributed by atoms with Gasteiger partial charge in [0, 0.05) is 6.04 Å². The minimum atomic E-state index is 0.649. The second-order valence-electron chi connectivity index (χ2n) is 5.94. The van der Waals surface area contributed by atoms with E-state index in [0.717, 1.165) is 12.2 Å². The largest absolute Gasteiger partial charge is 0.497 e. The van der Waals surface area contributed by atoms with Gasteiger partial charge in [0.25, 0.3) is 0 Å². The van der Waals surface area contributed by atoms with Crippen LogP contribution in [0.25, 0.3) is 0 Å². The van der Waals surface area contributed by atoms with Gasteiger partial charge >= 0.3 is 0 Å². The van der Waals surface area contributed by atoms with Crippen LogP contribution in [0.1, 0.15) is 43.2 Å². The second-order valence-corrected chi connectivity index (χ2v) is 6.92. The van der Waals surface area contributed by atoms with Gasteiger partial charge in [-0.3, -0.25) is 0 Å². The molecule has 1 aliphatic carbocycles. The molecule has 2 nitrogen and oxygen atoms in total. The van der Waals surface area contributed by atoms with Crippen molar-refractivity contribution in [2.45, 2.75) is 51.0 Å². The molecular weight excluding hydrogens is 278 g/mol. The van der Waals surface area contributed by atoms with Crippen molar-refractivity contribution in [3.8, 4) is 5.75 Å². The third-order valence-corrected chi connectivity index (χ3v) is 5.05. The molecule has 0 heterocycles. The maximum absolute atomic E-state index is 5.34. The number of thioether (sulfide) groups is 1. The monoisotopic (exact) mass is 307 g/mol. The Balaban J connectivity index is 1.67. The molecule has 0 aromatic heterocycles. The highest BCUT2D eigenvalue weighted by molar-refractivity contribution is 7.98. The maximum atomic E-state index is 5.34.